The lowest BCUT2D eigenvalue weighted by atomic mass is 10.1. The molecule has 1 aromatic rings. The quantitative estimate of drug-likeness (QED) is 0.801. The minimum Gasteiger partial charge on any atom is -0.351 e. The Labute approximate surface area is 89.5 Å². The maximum absolute atomic E-state index is 13.1. The molecule has 0 heterocycles. The third kappa shape index (κ3) is 2.73. The fourth-order valence-corrected chi connectivity index (χ4v) is 1.08. The van der Waals surface area contributed by atoms with Crippen molar-refractivity contribution >= 4 is 5.91 Å². The lowest BCUT2D eigenvalue weighted by Gasteiger charge is -2.05. The lowest BCUT2D eigenvalue weighted by Crippen LogP contribution is -2.26. The summed E-state index contributed by atoms with van der Waals surface area (Å²) in [6, 6.07) is 2.59. The summed E-state index contributed by atoms with van der Waals surface area (Å²) >= 11 is 0. The van der Waals surface area contributed by atoms with Gasteiger partial charge in [0.2, 0.25) is 0 Å². The molecule has 0 radical (unpaired) electrons. The van der Waals surface area contributed by atoms with Crippen LogP contribution in [0.1, 0.15) is 16.8 Å². The van der Waals surface area contributed by atoms with Crippen LogP contribution >= 0.6 is 0 Å². The molecule has 0 atom stereocenters. The van der Waals surface area contributed by atoms with Crippen LogP contribution in [-0.4, -0.2) is 12.5 Å². The zero-order chi connectivity index (χ0) is 12.1. The first kappa shape index (κ1) is 12.0. The van der Waals surface area contributed by atoms with Crippen molar-refractivity contribution in [2.45, 2.75) is 6.42 Å². The van der Waals surface area contributed by atoms with Crippen LogP contribution in [0.15, 0.2) is 12.1 Å². The summed E-state index contributed by atoms with van der Waals surface area (Å²) in [5, 5.41) is 10.3. The average Bonchev–Trinajstić information content (AvgIpc) is 2.16. The van der Waals surface area contributed by atoms with E-state index >= 15 is 0 Å². The molecule has 0 saturated heterocycles. The molecule has 1 rings (SSSR count). The van der Waals surface area contributed by atoms with E-state index in [9.17, 15) is 18.0 Å². The normalized spacial score (nSPS) is 9.62. The van der Waals surface area contributed by atoms with Gasteiger partial charge >= 0.3 is 0 Å². The van der Waals surface area contributed by atoms with Crippen LogP contribution in [0.5, 0.6) is 0 Å². The van der Waals surface area contributed by atoms with Crippen molar-refractivity contribution in [3.63, 3.8) is 0 Å². The van der Waals surface area contributed by atoms with E-state index in [-0.39, 0.29) is 13.0 Å². The largest absolute Gasteiger partial charge is 0.351 e. The predicted molar refractivity (Wildman–Crippen MR) is 48.9 cm³/mol. The van der Waals surface area contributed by atoms with E-state index in [4.69, 9.17) is 5.26 Å². The third-order valence-corrected chi connectivity index (χ3v) is 1.76. The molecule has 0 aromatic heterocycles. The zero-order valence-corrected chi connectivity index (χ0v) is 8.06. The summed E-state index contributed by atoms with van der Waals surface area (Å²) in [5.74, 6) is -4.65. The smallest absolute Gasteiger partial charge is 0.257 e. The highest BCUT2D eigenvalue weighted by Crippen LogP contribution is 2.14. The van der Waals surface area contributed by atoms with Crippen LogP contribution in [0.3, 0.4) is 0 Å². The van der Waals surface area contributed by atoms with Crippen LogP contribution in [0, 0.1) is 28.8 Å². The Morgan fingerprint density at radius 2 is 1.88 bits per heavy atom. The van der Waals surface area contributed by atoms with Gasteiger partial charge in [0.15, 0.2) is 0 Å². The second-order valence-corrected chi connectivity index (χ2v) is 2.91. The average molecular weight is 228 g/mol. The van der Waals surface area contributed by atoms with Crippen LogP contribution in [0.25, 0.3) is 0 Å². The van der Waals surface area contributed by atoms with Gasteiger partial charge in [0.05, 0.1) is 12.5 Å². The van der Waals surface area contributed by atoms with Gasteiger partial charge in [-0.05, 0) is 0 Å². The number of nitriles is 1. The monoisotopic (exact) mass is 228 g/mol. The van der Waals surface area contributed by atoms with Gasteiger partial charge in [0.1, 0.15) is 23.0 Å². The first-order valence-electron chi connectivity index (χ1n) is 4.36. The molecule has 0 bridgehead atoms. The fraction of sp³-hybridized carbons (Fsp3) is 0.200. The van der Waals surface area contributed by atoms with Crippen LogP contribution < -0.4 is 5.32 Å². The molecular weight excluding hydrogens is 221 g/mol. The van der Waals surface area contributed by atoms with Gasteiger partial charge in [0.25, 0.3) is 5.91 Å². The highest BCUT2D eigenvalue weighted by Gasteiger charge is 2.18. The number of amides is 1. The number of hydrogen-bond donors (Lipinski definition) is 1. The molecule has 0 aliphatic heterocycles. The number of nitrogens with zero attached hydrogens (tertiary/aromatic N) is 1. The maximum Gasteiger partial charge on any atom is 0.257 e. The number of hydrogen-bond acceptors (Lipinski definition) is 2. The minimum absolute atomic E-state index is 0.0222. The highest BCUT2D eigenvalue weighted by atomic mass is 19.1. The van der Waals surface area contributed by atoms with Crippen molar-refractivity contribution in [2.75, 3.05) is 6.54 Å². The number of rotatable bonds is 3. The standard InChI is InChI=1S/C10H7F3N2O/c11-6-4-7(12)9(8(13)5-6)10(16)15-3-1-2-14/h4-5H,1,3H2,(H,15,16). The summed E-state index contributed by atoms with van der Waals surface area (Å²) in [4.78, 5) is 11.2. The van der Waals surface area contributed by atoms with Gasteiger partial charge in [-0.2, -0.15) is 5.26 Å². The van der Waals surface area contributed by atoms with Gasteiger partial charge in [-0.3, -0.25) is 4.79 Å². The van der Waals surface area contributed by atoms with Crippen LogP contribution in [0.4, 0.5) is 13.2 Å². The van der Waals surface area contributed by atoms with Crippen molar-refractivity contribution in [2.24, 2.45) is 0 Å². The summed E-state index contributed by atoms with van der Waals surface area (Å²) in [5.41, 5.74) is -0.848. The van der Waals surface area contributed by atoms with E-state index in [1.165, 1.54) is 0 Å². The van der Waals surface area contributed by atoms with E-state index in [1.807, 2.05) is 0 Å². The third-order valence-electron chi connectivity index (χ3n) is 1.76. The minimum atomic E-state index is -1.27. The predicted octanol–water partition coefficient (Wildman–Crippen LogP) is 1.75. The van der Waals surface area contributed by atoms with Gasteiger partial charge in [-0.15, -0.1) is 0 Å². The topological polar surface area (TPSA) is 52.9 Å². The second-order valence-electron chi connectivity index (χ2n) is 2.91. The number of benzene rings is 1. The van der Waals surface area contributed by atoms with Crippen molar-refractivity contribution in [1.82, 2.24) is 5.32 Å². The molecule has 6 heteroatoms. The van der Waals surface area contributed by atoms with E-state index in [1.54, 1.807) is 6.07 Å². The molecule has 0 aliphatic carbocycles. The molecule has 16 heavy (non-hydrogen) atoms. The van der Waals surface area contributed by atoms with E-state index in [0.717, 1.165) is 0 Å². The Morgan fingerprint density at radius 1 is 1.31 bits per heavy atom. The molecule has 0 fully saturated rings. The molecular formula is C10H7F3N2O. The highest BCUT2D eigenvalue weighted by molar-refractivity contribution is 5.94. The Morgan fingerprint density at radius 3 is 2.38 bits per heavy atom. The Hall–Kier alpha value is -2.03. The van der Waals surface area contributed by atoms with E-state index in [2.05, 4.69) is 5.32 Å². The molecule has 0 saturated carbocycles. The SMILES string of the molecule is N#CCCNC(=O)c1c(F)cc(F)cc1F. The summed E-state index contributed by atoms with van der Waals surface area (Å²) in [7, 11) is 0. The zero-order valence-electron chi connectivity index (χ0n) is 8.06. The van der Waals surface area contributed by atoms with Gasteiger partial charge < -0.3 is 5.32 Å². The van der Waals surface area contributed by atoms with Crippen LogP contribution in [0.2, 0.25) is 0 Å². The molecule has 1 N–H and O–H groups in total. The molecule has 84 valence electrons. The summed E-state index contributed by atoms with van der Waals surface area (Å²) < 4.78 is 38.7. The molecule has 0 aliphatic rings. The van der Waals surface area contributed by atoms with Crippen molar-refractivity contribution in [1.29, 1.82) is 5.26 Å². The number of halogens is 3. The number of nitrogens with one attached hydrogen (secondary N) is 1. The number of carbonyl (C=O) groups excluding carboxylic acids is 1. The van der Waals surface area contributed by atoms with Crippen molar-refractivity contribution in [3.8, 4) is 6.07 Å². The summed E-state index contributed by atoms with van der Waals surface area (Å²) in [6.07, 6.45) is 0.0240. The first-order chi connectivity index (χ1) is 7.56. The van der Waals surface area contributed by atoms with Crippen molar-refractivity contribution < 1.29 is 18.0 Å². The van der Waals surface area contributed by atoms with Gasteiger partial charge in [-0.1, -0.05) is 0 Å². The molecule has 0 spiro atoms. The molecule has 1 aromatic carbocycles. The maximum atomic E-state index is 13.1. The Bertz CT molecular complexity index is 431. The molecule has 0 unspecified atom stereocenters. The Kier molecular flexibility index (Phi) is 3.89. The Balaban J connectivity index is 2.88. The van der Waals surface area contributed by atoms with Crippen molar-refractivity contribution in [3.05, 3.63) is 35.1 Å². The summed E-state index contributed by atoms with van der Waals surface area (Å²) in [6.45, 7) is -0.0222. The first-order valence-corrected chi connectivity index (χ1v) is 4.36. The lowest BCUT2D eigenvalue weighted by molar-refractivity contribution is 0.0946. The number of carbonyl (C=O) groups is 1. The fourth-order valence-electron chi connectivity index (χ4n) is 1.08. The second kappa shape index (κ2) is 5.16. The molecule has 3 nitrogen and oxygen atoms in total. The van der Waals surface area contributed by atoms with Crippen LogP contribution in [-0.2, 0) is 0 Å². The van der Waals surface area contributed by atoms with Gasteiger partial charge in [0, 0.05) is 18.7 Å². The van der Waals surface area contributed by atoms with E-state index < -0.39 is 28.9 Å². The van der Waals surface area contributed by atoms with E-state index in [0.29, 0.717) is 12.1 Å². The van der Waals surface area contributed by atoms with Gasteiger partial charge in [-0.25, -0.2) is 13.2 Å². The molecule has 1 amide bonds.